The summed E-state index contributed by atoms with van der Waals surface area (Å²) < 4.78 is 0.992. The molecule has 1 atom stereocenters. The molecule has 0 bridgehead atoms. The monoisotopic (exact) mass is 330 g/mol. The zero-order chi connectivity index (χ0) is 17.7. The number of nitrogens with one attached hydrogen (secondary N) is 1. The van der Waals surface area contributed by atoms with Crippen molar-refractivity contribution in [2.75, 3.05) is 5.32 Å². The summed E-state index contributed by atoms with van der Waals surface area (Å²) in [6, 6.07) is 10.5. The van der Waals surface area contributed by atoms with Crippen molar-refractivity contribution in [3.05, 3.63) is 64.1 Å². The van der Waals surface area contributed by atoms with Gasteiger partial charge in [0.1, 0.15) is 12.2 Å². The molecule has 0 aliphatic carbocycles. The Bertz CT molecular complexity index is 798. The first-order valence-electron chi connectivity index (χ1n) is 7.33. The minimum atomic E-state index is -1.16. The number of nitrogens with zero attached hydrogens (tertiary/aromatic N) is 1. The Balaban J connectivity index is 2.38. The molecule has 7 nitrogen and oxygen atoms in total. The van der Waals surface area contributed by atoms with Gasteiger partial charge in [-0.3, -0.25) is 14.4 Å². The summed E-state index contributed by atoms with van der Waals surface area (Å²) in [7, 11) is 0. The number of carboxylic acids is 1. The Morgan fingerprint density at radius 3 is 2.46 bits per heavy atom. The van der Waals surface area contributed by atoms with E-state index in [0.29, 0.717) is 11.1 Å². The number of pyridine rings is 1. The number of aliphatic hydroxyl groups excluding tert-OH is 1. The molecule has 1 heterocycles. The molecule has 7 heteroatoms. The minimum Gasteiger partial charge on any atom is -0.480 e. The van der Waals surface area contributed by atoms with Crippen molar-refractivity contribution >= 4 is 17.6 Å². The minimum absolute atomic E-state index is 0.0127. The second kappa shape index (κ2) is 7.56. The van der Waals surface area contributed by atoms with Gasteiger partial charge in [-0.1, -0.05) is 30.3 Å². The highest BCUT2D eigenvalue weighted by atomic mass is 16.4. The van der Waals surface area contributed by atoms with Gasteiger partial charge in [-0.05, 0) is 17.2 Å². The lowest BCUT2D eigenvalue weighted by Crippen LogP contribution is -2.29. The summed E-state index contributed by atoms with van der Waals surface area (Å²) in [5.41, 5.74) is 0.487. The van der Waals surface area contributed by atoms with Gasteiger partial charge in [0.15, 0.2) is 0 Å². The van der Waals surface area contributed by atoms with Crippen molar-refractivity contribution in [1.82, 2.24) is 4.57 Å². The molecular weight excluding hydrogens is 312 g/mol. The molecule has 3 N–H and O–H groups in total. The zero-order valence-corrected chi connectivity index (χ0v) is 13.1. The van der Waals surface area contributed by atoms with Crippen LogP contribution < -0.4 is 10.9 Å². The van der Waals surface area contributed by atoms with Crippen LogP contribution in [0.4, 0.5) is 5.69 Å². The van der Waals surface area contributed by atoms with E-state index in [4.69, 9.17) is 5.11 Å². The van der Waals surface area contributed by atoms with E-state index in [0.717, 1.165) is 4.57 Å². The predicted octanol–water partition coefficient (Wildman–Crippen LogP) is 1.17. The second-order valence-corrected chi connectivity index (χ2v) is 5.35. The van der Waals surface area contributed by atoms with Crippen LogP contribution in [0.1, 0.15) is 24.2 Å². The number of aliphatic carboxylic acids is 1. The van der Waals surface area contributed by atoms with Crippen LogP contribution in [0.2, 0.25) is 0 Å². The number of carbonyl (C=O) groups excluding carboxylic acids is 1. The van der Waals surface area contributed by atoms with Crippen molar-refractivity contribution in [2.45, 2.75) is 26.0 Å². The molecule has 0 fully saturated rings. The van der Waals surface area contributed by atoms with Crippen LogP contribution in [-0.4, -0.2) is 26.7 Å². The topological polar surface area (TPSA) is 109 Å². The van der Waals surface area contributed by atoms with Gasteiger partial charge in [0, 0.05) is 19.5 Å². The van der Waals surface area contributed by atoms with Gasteiger partial charge in [0.05, 0.1) is 6.10 Å². The van der Waals surface area contributed by atoms with E-state index >= 15 is 0 Å². The summed E-state index contributed by atoms with van der Waals surface area (Å²) in [6.45, 7) is 0.748. The molecule has 126 valence electrons. The van der Waals surface area contributed by atoms with Crippen LogP contribution in [0.25, 0.3) is 0 Å². The SMILES string of the molecule is CC(=O)Nc1c(CC(O)c2ccccc2)ccn(CC(=O)O)c1=O. The smallest absolute Gasteiger partial charge is 0.323 e. The van der Waals surface area contributed by atoms with Crippen LogP contribution >= 0.6 is 0 Å². The van der Waals surface area contributed by atoms with E-state index in [9.17, 15) is 19.5 Å². The van der Waals surface area contributed by atoms with Crippen LogP contribution in [0.5, 0.6) is 0 Å². The van der Waals surface area contributed by atoms with Crippen molar-refractivity contribution < 1.29 is 19.8 Å². The predicted molar refractivity (Wildman–Crippen MR) is 87.7 cm³/mol. The average Bonchev–Trinajstić information content (AvgIpc) is 2.53. The van der Waals surface area contributed by atoms with E-state index in [1.807, 2.05) is 6.07 Å². The van der Waals surface area contributed by atoms with Gasteiger partial charge in [0.25, 0.3) is 5.56 Å². The molecule has 0 spiro atoms. The number of aliphatic hydroxyl groups is 1. The molecule has 2 aromatic rings. The Morgan fingerprint density at radius 1 is 1.21 bits per heavy atom. The van der Waals surface area contributed by atoms with E-state index in [2.05, 4.69) is 5.32 Å². The molecule has 24 heavy (non-hydrogen) atoms. The maximum Gasteiger partial charge on any atom is 0.323 e. The van der Waals surface area contributed by atoms with Crippen LogP contribution in [-0.2, 0) is 22.6 Å². The molecule has 2 rings (SSSR count). The van der Waals surface area contributed by atoms with E-state index < -0.39 is 30.1 Å². The first kappa shape index (κ1) is 17.4. The second-order valence-electron chi connectivity index (χ2n) is 5.35. The van der Waals surface area contributed by atoms with Crippen molar-refractivity contribution in [2.24, 2.45) is 0 Å². The summed E-state index contributed by atoms with van der Waals surface area (Å²) in [5, 5.41) is 21.6. The van der Waals surface area contributed by atoms with Crippen LogP contribution in [0, 0.1) is 0 Å². The van der Waals surface area contributed by atoms with Gasteiger partial charge >= 0.3 is 5.97 Å². The number of anilines is 1. The highest BCUT2D eigenvalue weighted by molar-refractivity contribution is 5.89. The molecule has 0 radical (unpaired) electrons. The number of rotatable bonds is 6. The Kier molecular flexibility index (Phi) is 5.49. The van der Waals surface area contributed by atoms with Gasteiger partial charge in [0.2, 0.25) is 5.91 Å². The zero-order valence-electron chi connectivity index (χ0n) is 13.1. The van der Waals surface area contributed by atoms with E-state index in [1.165, 1.54) is 19.2 Å². The third-order valence-electron chi connectivity index (χ3n) is 3.46. The number of carbonyl (C=O) groups is 2. The molecule has 0 saturated carbocycles. The summed E-state index contributed by atoms with van der Waals surface area (Å²) >= 11 is 0. The van der Waals surface area contributed by atoms with Gasteiger partial charge in [-0.15, -0.1) is 0 Å². The molecule has 0 aliphatic heterocycles. The van der Waals surface area contributed by atoms with E-state index in [1.54, 1.807) is 24.3 Å². The fourth-order valence-electron chi connectivity index (χ4n) is 2.36. The Labute approximate surface area is 138 Å². The first-order chi connectivity index (χ1) is 11.4. The lowest BCUT2D eigenvalue weighted by atomic mass is 10.0. The van der Waals surface area contributed by atoms with Gasteiger partial charge < -0.3 is 20.1 Å². The van der Waals surface area contributed by atoms with Gasteiger partial charge in [-0.2, -0.15) is 0 Å². The molecule has 0 aliphatic rings. The largest absolute Gasteiger partial charge is 0.480 e. The maximum atomic E-state index is 12.4. The lowest BCUT2D eigenvalue weighted by molar-refractivity contribution is -0.137. The highest BCUT2D eigenvalue weighted by Crippen LogP contribution is 2.21. The summed E-state index contributed by atoms with van der Waals surface area (Å²) in [4.78, 5) is 34.6. The Hall–Kier alpha value is -2.93. The number of carboxylic acid groups (broad SMARTS) is 1. The van der Waals surface area contributed by atoms with Crippen LogP contribution in [0.3, 0.4) is 0 Å². The number of amides is 1. The average molecular weight is 330 g/mol. The normalized spacial score (nSPS) is 11.8. The Morgan fingerprint density at radius 2 is 1.88 bits per heavy atom. The van der Waals surface area contributed by atoms with E-state index in [-0.39, 0.29) is 12.1 Å². The number of hydrogen-bond donors (Lipinski definition) is 3. The quantitative estimate of drug-likeness (QED) is 0.737. The third-order valence-corrected chi connectivity index (χ3v) is 3.46. The molecule has 1 aromatic heterocycles. The lowest BCUT2D eigenvalue weighted by Gasteiger charge is -2.15. The van der Waals surface area contributed by atoms with Crippen LogP contribution in [0.15, 0.2) is 47.4 Å². The van der Waals surface area contributed by atoms with Gasteiger partial charge in [-0.25, -0.2) is 0 Å². The fraction of sp³-hybridized carbons (Fsp3) is 0.235. The standard InChI is InChI=1S/C17H18N2O5/c1-11(20)18-16-13(7-8-19(17(16)24)10-15(22)23)9-14(21)12-5-3-2-4-6-12/h2-8,14,21H,9-10H2,1H3,(H,18,20)(H,22,23). The van der Waals surface area contributed by atoms with Crippen molar-refractivity contribution in [3.63, 3.8) is 0 Å². The number of aromatic nitrogens is 1. The molecule has 1 aromatic carbocycles. The molecular formula is C17H18N2O5. The van der Waals surface area contributed by atoms with Crippen molar-refractivity contribution in [3.8, 4) is 0 Å². The third kappa shape index (κ3) is 4.30. The molecule has 1 unspecified atom stereocenters. The summed E-state index contributed by atoms with van der Waals surface area (Å²) in [5.74, 6) is -1.61. The maximum absolute atomic E-state index is 12.4. The highest BCUT2D eigenvalue weighted by Gasteiger charge is 2.16. The summed E-state index contributed by atoms with van der Waals surface area (Å²) in [6.07, 6.45) is 0.603. The molecule has 1 amide bonds. The van der Waals surface area contributed by atoms with Crippen molar-refractivity contribution in [1.29, 1.82) is 0 Å². The first-order valence-corrected chi connectivity index (χ1v) is 7.33. The molecule has 0 saturated heterocycles. The number of benzene rings is 1. The number of hydrogen-bond acceptors (Lipinski definition) is 4. The fourth-order valence-corrected chi connectivity index (χ4v) is 2.36.